The molecule has 0 amide bonds. The molecule has 1 aliphatic rings. The van der Waals surface area contributed by atoms with Crippen LogP contribution in [0.3, 0.4) is 0 Å². The van der Waals surface area contributed by atoms with Crippen LogP contribution in [0.4, 0.5) is 0 Å². The molecule has 96 valence electrons. The molecule has 0 fully saturated rings. The average molecular weight is 245 g/mol. The summed E-state index contributed by atoms with van der Waals surface area (Å²) in [4.78, 5) is 6.45. The third-order valence-corrected chi connectivity index (χ3v) is 3.50. The largest absolute Gasteiger partial charge is 0.479 e. The van der Waals surface area contributed by atoms with Crippen molar-refractivity contribution in [3.63, 3.8) is 0 Å². The van der Waals surface area contributed by atoms with Crippen LogP contribution in [0, 0.1) is 0 Å². The van der Waals surface area contributed by atoms with Crippen LogP contribution in [-0.4, -0.2) is 41.7 Å². The lowest BCUT2D eigenvalue weighted by molar-refractivity contribution is 0.260. The molecule has 0 aliphatic carbocycles. The number of hydrogen-bond acceptors (Lipinski definition) is 3. The Morgan fingerprint density at radius 3 is 3.17 bits per heavy atom. The highest BCUT2D eigenvalue weighted by atomic mass is 16.5. The van der Waals surface area contributed by atoms with Crippen molar-refractivity contribution in [1.29, 1.82) is 0 Å². The van der Waals surface area contributed by atoms with Gasteiger partial charge in [0.15, 0.2) is 5.88 Å². The molecule has 0 spiro atoms. The molecule has 3 rings (SSSR count). The predicted molar refractivity (Wildman–Crippen MR) is 72.1 cm³/mol. The molecule has 0 atom stereocenters. The lowest BCUT2D eigenvalue weighted by Crippen LogP contribution is -2.20. The highest BCUT2D eigenvalue weighted by Gasteiger charge is 2.21. The van der Waals surface area contributed by atoms with Gasteiger partial charge in [-0.05, 0) is 33.0 Å². The first-order valence-corrected chi connectivity index (χ1v) is 6.50. The molecule has 3 heterocycles. The number of ether oxygens (including phenoxy) is 1. The Balaban J connectivity index is 2.10. The van der Waals surface area contributed by atoms with Gasteiger partial charge >= 0.3 is 0 Å². The van der Waals surface area contributed by atoms with Gasteiger partial charge in [0.25, 0.3) is 0 Å². The topological polar surface area (TPSA) is 30.3 Å². The van der Waals surface area contributed by atoms with E-state index in [4.69, 9.17) is 4.74 Å². The predicted octanol–water partition coefficient (Wildman–Crippen LogP) is 1.92. The van der Waals surface area contributed by atoms with Crippen LogP contribution < -0.4 is 4.74 Å². The van der Waals surface area contributed by atoms with Crippen molar-refractivity contribution in [1.82, 2.24) is 14.5 Å². The molecule has 0 saturated carbocycles. The van der Waals surface area contributed by atoms with Crippen LogP contribution in [0.25, 0.3) is 10.9 Å². The van der Waals surface area contributed by atoms with E-state index in [1.54, 1.807) is 0 Å². The van der Waals surface area contributed by atoms with Gasteiger partial charge in [-0.3, -0.25) is 4.98 Å². The lowest BCUT2D eigenvalue weighted by atomic mass is 10.1. The molecule has 4 heteroatoms. The second kappa shape index (κ2) is 4.61. The zero-order valence-corrected chi connectivity index (χ0v) is 11.0. The van der Waals surface area contributed by atoms with Crippen molar-refractivity contribution >= 4 is 10.9 Å². The minimum absolute atomic E-state index is 0.832. The molecule has 4 nitrogen and oxygen atoms in total. The van der Waals surface area contributed by atoms with Gasteiger partial charge in [0, 0.05) is 30.2 Å². The maximum atomic E-state index is 5.89. The molecule has 0 unspecified atom stereocenters. The van der Waals surface area contributed by atoms with Crippen molar-refractivity contribution in [2.24, 2.45) is 0 Å². The quantitative estimate of drug-likeness (QED) is 0.827. The van der Waals surface area contributed by atoms with Gasteiger partial charge in [-0.15, -0.1) is 0 Å². The summed E-state index contributed by atoms with van der Waals surface area (Å²) in [7, 11) is 4.19. The maximum Gasteiger partial charge on any atom is 0.197 e. The van der Waals surface area contributed by atoms with Gasteiger partial charge in [0.05, 0.1) is 18.3 Å². The SMILES string of the molecule is CN(C)CCn1c2c(c3ccncc31)CCCO2. The lowest BCUT2D eigenvalue weighted by Gasteiger charge is -2.18. The number of aryl methyl sites for hydroxylation is 1. The van der Waals surface area contributed by atoms with Crippen molar-refractivity contribution < 1.29 is 4.74 Å². The summed E-state index contributed by atoms with van der Waals surface area (Å²) in [6.07, 6.45) is 6.05. The Morgan fingerprint density at radius 1 is 1.44 bits per heavy atom. The van der Waals surface area contributed by atoms with Gasteiger partial charge in [-0.2, -0.15) is 0 Å². The summed E-state index contributed by atoms with van der Waals surface area (Å²) in [6, 6.07) is 2.11. The maximum absolute atomic E-state index is 5.89. The Hall–Kier alpha value is -1.55. The van der Waals surface area contributed by atoms with Crippen molar-refractivity contribution in [3.05, 3.63) is 24.0 Å². The fourth-order valence-electron chi connectivity index (χ4n) is 2.59. The summed E-state index contributed by atoms with van der Waals surface area (Å²) < 4.78 is 8.16. The molecule has 2 aromatic rings. The van der Waals surface area contributed by atoms with E-state index in [2.05, 4.69) is 34.6 Å². The van der Waals surface area contributed by atoms with E-state index in [0.717, 1.165) is 38.4 Å². The van der Waals surface area contributed by atoms with Gasteiger partial charge < -0.3 is 14.2 Å². The van der Waals surface area contributed by atoms with Gasteiger partial charge in [0.2, 0.25) is 0 Å². The molecule has 0 bridgehead atoms. The number of pyridine rings is 1. The first kappa shape index (κ1) is 11.5. The number of likely N-dealkylation sites (N-methyl/N-ethyl adjacent to an activating group) is 1. The number of rotatable bonds is 3. The Bertz CT molecular complexity index is 559. The van der Waals surface area contributed by atoms with E-state index in [1.807, 2.05) is 12.4 Å². The molecular weight excluding hydrogens is 226 g/mol. The molecule has 18 heavy (non-hydrogen) atoms. The first-order chi connectivity index (χ1) is 8.77. The number of aromatic nitrogens is 2. The number of fused-ring (bicyclic) bond motifs is 3. The van der Waals surface area contributed by atoms with E-state index < -0.39 is 0 Å². The van der Waals surface area contributed by atoms with Gasteiger partial charge in [0.1, 0.15) is 0 Å². The molecule has 2 aromatic heterocycles. The Morgan fingerprint density at radius 2 is 2.33 bits per heavy atom. The third-order valence-electron chi connectivity index (χ3n) is 3.50. The summed E-state index contributed by atoms with van der Waals surface area (Å²) >= 11 is 0. The second-order valence-electron chi connectivity index (χ2n) is 5.08. The number of hydrogen-bond donors (Lipinski definition) is 0. The monoisotopic (exact) mass is 245 g/mol. The van der Waals surface area contributed by atoms with Crippen molar-refractivity contribution in [2.45, 2.75) is 19.4 Å². The fraction of sp³-hybridized carbons (Fsp3) is 0.500. The van der Waals surface area contributed by atoms with E-state index in [-0.39, 0.29) is 0 Å². The number of nitrogens with zero attached hydrogens (tertiary/aromatic N) is 3. The standard InChI is InChI=1S/C14H19N3O/c1-16(2)7-8-17-13-10-15-6-5-11(13)12-4-3-9-18-14(12)17/h5-6,10H,3-4,7-9H2,1-2H3. The highest BCUT2D eigenvalue weighted by molar-refractivity contribution is 5.86. The summed E-state index contributed by atoms with van der Waals surface area (Å²) in [5.74, 6) is 1.06. The van der Waals surface area contributed by atoms with Crippen LogP contribution in [0.2, 0.25) is 0 Å². The Labute approximate surface area is 107 Å². The molecular formula is C14H19N3O. The average Bonchev–Trinajstić information content (AvgIpc) is 2.71. The minimum Gasteiger partial charge on any atom is -0.479 e. The molecule has 0 aromatic carbocycles. The van der Waals surface area contributed by atoms with Crippen LogP contribution in [0.5, 0.6) is 5.88 Å². The molecule has 0 saturated heterocycles. The summed E-state index contributed by atoms with van der Waals surface area (Å²) in [5, 5.41) is 1.30. The fourth-order valence-corrected chi connectivity index (χ4v) is 2.59. The normalized spacial score (nSPS) is 14.8. The van der Waals surface area contributed by atoms with Crippen molar-refractivity contribution in [2.75, 3.05) is 27.2 Å². The molecule has 1 aliphatic heterocycles. The summed E-state index contributed by atoms with van der Waals surface area (Å²) in [6.45, 7) is 2.79. The van der Waals surface area contributed by atoms with Crippen LogP contribution in [0.15, 0.2) is 18.5 Å². The van der Waals surface area contributed by atoms with Crippen LogP contribution >= 0.6 is 0 Å². The summed E-state index contributed by atoms with van der Waals surface area (Å²) in [5.41, 5.74) is 2.56. The third kappa shape index (κ3) is 1.86. The van der Waals surface area contributed by atoms with E-state index in [1.165, 1.54) is 16.5 Å². The molecule has 0 N–H and O–H groups in total. The second-order valence-corrected chi connectivity index (χ2v) is 5.08. The smallest absolute Gasteiger partial charge is 0.197 e. The van der Waals surface area contributed by atoms with E-state index in [0.29, 0.717) is 0 Å². The molecule has 0 radical (unpaired) electrons. The highest BCUT2D eigenvalue weighted by Crippen LogP contribution is 2.35. The minimum atomic E-state index is 0.832. The van der Waals surface area contributed by atoms with Crippen molar-refractivity contribution in [3.8, 4) is 5.88 Å². The van der Waals surface area contributed by atoms with Crippen LogP contribution in [0.1, 0.15) is 12.0 Å². The van der Waals surface area contributed by atoms with Crippen LogP contribution in [-0.2, 0) is 13.0 Å². The zero-order chi connectivity index (χ0) is 12.5. The van der Waals surface area contributed by atoms with Gasteiger partial charge in [-0.1, -0.05) is 0 Å². The zero-order valence-electron chi connectivity index (χ0n) is 11.0. The van der Waals surface area contributed by atoms with Gasteiger partial charge in [-0.25, -0.2) is 0 Å². The first-order valence-electron chi connectivity index (χ1n) is 6.50. The van der Waals surface area contributed by atoms with E-state index >= 15 is 0 Å². The Kier molecular flexibility index (Phi) is 2.96. The van der Waals surface area contributed by atoms with E-state index in [9.17, 15) is 0 Å².